The Morgan fingerprint density at radius 3 is 1.15 bits per heavy atom. The molecule has 0 aromatic rings. The van der Waals surface area contributed by atoms with Crippen molar-refractivity contribution in [1.82, 2.24) is 53.2 Å². The van der Waals surface area contributed by atoms with Gasteiger partial charge in [-0.25, -0.2) is 0 Å². The van der Waals surface area contributed by atoms with Gasteiger partial charge in [-0.2, -0.15) is 0 Å². The highest BCUT2D eigenvalue weighted by Crippen LogP contribution is 2.33. The lowest BCUT2D eigenvalue weighted by Gasteiger charge is -2.39. The van der Waals surface area contributed by atoms with E-state index in [1.807, 2.05) is 0 Å². The lowest BCUT2D eigenvalue weighted by atomic mass is 9.85. The predicted octanol–water partition coefficient (Wildman–Crippen LogP) is -1.83. The van der Waals surface area contributed by atoms with E-state index in [4.69, 9.17) is 0 Å². The van der Waals surface area contributed by atoms with Gasteiger partial charge >= 0.3 is 0 Å². The molecule has 8 bridgehead atoms. The van der Waals surface area contributed by atoms with Crippen molar-refractivity contribution in [3.63, 3.8) is 0 Å². The van der Waals surface area contributed by atoms with E-state index >= 15 is 0 Å². The largest absolute Gasteiger partial charge is 0.316 e. The second-order valence-corrected chi connectivity index (χ2v) is 12.0. The van der Waals surface area contributed by atoms with Crippen molar-refractivity contribution >= 4 is 0 Å². The van der Waals surface area contributed by atoms with Gasteiger partial charge in [0.1, 0.15) is 0 Å². The molecule has 0 saturated carbocycles. The molecular formula is C24H46N10. The third kappa shape index (κ3) is 4.44. The molecule has 7 rings (SSSR count). The molecule has 7 fully saturated rings. The summed E-state index contributed by atoms with van der Waals surface area (Å²) in [5, 5.41) is 39.2. The lowest BCUT2D eigenvalue weighted by molar-refractivity contribution is 0.161. The molecule has 10 N–H and O–H groups in total. The van der Waals surface area contributed by atoms with Crippen molar-refractivity contribution in [3.8, 4) is 0 Å². The van der Waals surface area contributed by atoms with Crippen molar-refractivity contribution in [2.75, 3.05) is 26.2 Å². The molecule has 10 heteroatoms. The third-order valence-corrected chi connectivity index (χ3v) is 9.90. The van der Waals surface area contributed by atoms with Gasteiger partial charge in [0.05, 0.1) is 49.3 Å². The van der Waals surface area contributed by atoms with Crippen LogP contribution in [0.15, 0.2) is 0 Å². The topological polar surface area (TPSA) is 120 Å². The first-order valence-corrected chi connectivity index (χ1v) is 14.3. The second kappa shape index (κ2) is 9.81. The Morgan fingerprint density at radius 1 is 0.353 bits per heavy atom. The van der Waals surface area contributed by atoms with E-state index in [1.54, 1.807) is 0 Å². The minimum Gasteiger partial charge on any atom is -0.316 e. The molecule has 10 nitrogen and oxygen atoms in total. The smallest absolute Gasteiger partial charge is 0.0640 e. The van der Waals surface area contributed by atoms with Crippen LogP contribution in [0.25, 0.3) is 0 Å². The fourth-order valence-electron chi connectivity index (χ4n) is 8.20. The van der Waals surface area contributed by atoms with Crippen molar-refractivity contribution < 1.29 is 0 Å². The summed E-state index contributed by atoms with van der Waals surface area (Å²) in [5.41, 5.74) is 0. The highest BCUT2D eigenvalue weighted by molar-refractivity contribution is 5.03. The van der Waals surface area contributed by atoms with Crippen LogP contribution in [0.1, 0.15) is 51.4 Å². The van der Waals surface area contributed by atoms with Gasteiger partial charge in [0.15, 0.2) is 0 Å². The Hall–Kier alpha value is -0.400. The van der Waals surface area contributed by atoms with Gasteiger partial charge < -0.3 is 10.6 Å². The number of rotatable bonds is 0. The van der Waals surface area contributed by atoms with Crippen LogP contribution in [0, 0.1) is 23.7 Å². The Kier molecular flexibility index (Phi) is 6.57. The SMILES string of the molecule is C1CC2NC(C1)NC1NC(NC3CCCC(N3)NC3NC(N2)C2CCNCC32)C2CNCCC12. The van der Waals surface area contributed by atoms with E-state index < -0.39 is 0 Å². The first kappa shape index (κ1) is 22.8. The van der Waals surface area contributed by atoms with Gasteiger partial charge in [-0.05, 0) is 76.3 Å². The van der Waals surface area contributed by atoms with E-state index in [2.05, 4.69) is 53.2 Å². The first-order valence-electron chi connectivity index (χ1n) is 14.3. The number of hydrogen-bond donors (Lipinski definition) is 10. The van der Waals surface area contributed by atoms with Crippen LogP contribution in [-0.2, 0) is 0 Å². The maximum atomic E-state index is 4.02. The van der Waals surface area contributed by atoms with Crippen molar-refractivity contribution in [3.05, 3.63) is 0 Å². The van der Waals surface area contributed by atoms with Gasteiger partial charge in [0.2, 0.25) is 0 Å². The summed E-state index contributed by atoms with van der Waals surface area (Å²) in [7, 11) is 0. The van der Waals surface area contributed by atoms with Crippen LogP contribution in [0.5, 0.6) is 0 Å². The van der Waals surface area contributed by atoms with Crippen LogP contribution in [0.3, 0.4) is 0 Å². The number of hydrogen-bond acceptors (Lipinski definition) is 10. The third-order valence-electron chi connectivity index (χ3n) is 9.90. The van der Waals surface area contributed by atoms with Crippen molar-refractivity contribution in [2.24, 2.45) is 23.7 Å². The summed E-state index contributed by atoms with van der Waals surface area (Å²) in [6.45, 7) is 4.48. The van der Waals surface area contributed by atoms with E-state index in [0.29, 0.717) is 73.0 Å². The maximum Gasteiger partial charge on any atom is 0.0640 e. The van der Waals surface area contributed by atoms with E-state index in [9.17, 15) is 0 Å². The highest BCUT2D eigenvalue weighted by atomic mass is 15.4. The number of piperidine rings is 4. The highest BCUT2D eigenvalue weighted by Gasteiger charge is 2.48. The molecule has 7 heterocycles. The quantitative estimate of drug-likeness (QED) is 0.196. The monoisotopic (exact) mass is 474 g/mol. The van der Waals surface area contributed by atoms with Crippen molar-refractivity contribution in [1.29, 1.82) is 0 Å². The van der Waals surface area contributed by atoms with Gasteiger partial charge in [-0.15, -0.1) is 0 Å². The molecule has 34 heavy (non-hydrogen) atoms. The summed E-state index contributed by atoms with van der Waals surface area (Å²) >= 11 is 0. The summed E-state index contributed by atoms with van der Waals surface area (Å²) in [6.07, 6.45) is 12.7. The summed E-state index contributed by atoms with van der Waals surface area (Å²) in [4.78, 5) is 0. The fourth-order valence-corrected chi connectivity index (χ4v) is 8.20. The Morgan fingerprint density at radius 2 is 0.735 bits per heavy atom. The van der Waals surface area contributed by atoms with Crippen LogP contribution < -0.4 is 53.2 Å². The molecule has 7 aliphatic rings. The summed E-state index contributed by atoms with van der Waals surface area (Å²) < 4.78 is 0. The molecule has 192 valence electrons. The summed E-state index contributed by atoms with van der Waals surface area (Å²) in [6, 6.07) is 0. The second-order valence-electron chi connectivity index (χ2n) is 12.0. The minimum atomic E-state index is 0.345. The molecular weight excluding hydrogens is 428 g/mol. The Balaban J connectivity index is 1.14. The van der Waals surface area contributed by atoms with Crippen LogP contribution in [-0.4, -0.2) is 75.5 Å². The molecule has 7 saturated heterocycles. The zero-order valence-corrected chi connectivity index (χ0v) is 20.4. The van der Waals surface area contributed by atoms with Crippen LogP contribution in [0.4, 0.5) is 0 Å². The standard InChI is InChI=1S/C24H46N10/c1-3-17-27-18(4-1)30-22-14-8-10-26-12-16(14)24(34-22)32-20-6-2-5-19(28-20)31-23-15-11-25-9-7-13(15)21(29-17)33-23/h13-34H,1-12H2. The fraction of sp³-hybridized carbons (Fsp3) is 1.00. The van der Waals surface area contributed by atoms with Gasteiger partial charge in [0.25, 0.3) is 0 Å². The molecule has 7 aliphatic heterocycles. The van der Waals surface area contributed by atoms with Gasteiger partial charge in [-0.3, -0.25) is 42.5 Å². The average Bonchev–Trinajstić information content (AvgIpc) is 3.37. The molecule has 0 aliphatic carbocycles. The predicted molar refractivity (Wildman–Crippen MR) is 132 cm³/mol. The number of fused-ring (bicyclic) bond motifs is 14. The first-order chi connectivity index (χ1) is 16.8. The minimum absolute atomic E-state index is 0.345. The molecule has 0 aromatic heterocycles. The Labute approximate surface area is 204 Å². The molecule has 0 radical (unpaired) electrons. The van der Waals surface area contributed by atoms with Crippen LogP contribution in [0.2, 0.25) is 0 Å². The van der Waals surface area contributed by atoms with Gasteiger partial charge in [0, 0.05) is 24.9 Å². The zero-order valence-electron chi connectivity index (χ0n) is 20.4. The van der Waals surface area contributed by atoms with E-state index in [0.717, 1.165) is 26.2 Å². The van der Waals surface area contributed by atoms with E-state index in [-0.39, 0.29) is 0 Å². The molecule has 12 atom stereocenters. The van der Waals surface area contributed by atoms with Crippen LogP contribution >= 0.6 is 0 Å². The van der Waals surface area contributed by atoms with Gasteiger partial charge in [-0.1, -0.05) is 0 Å². The average molecular weight is 475 g/mol. The normalized spacial score (nSPS) is 53.6. The molecule has 0 spiro atoms. The maximum absolute atomic E-state index is 4.02. The Bertz CT molecular complexity index is 599. The molecule has 0 aromatic carbocycles. The number of nitrogens with one attached hydrogen (secondary N) is 10. The zero-order chi connectivity index (χ0) is 22.5. The van der Waals surface area contributed by atoms with Crippen molar-refractivity contribution in [2.45, 2.75) is 101 Å². The summed E-state index contributed by atoms with van der Waals surface area (Å²) in [5.74, 6) is 2.60. The molecule has 0 amide bonds. The molecule has 12 unspecified atom stereocenters. The lowest BCUT2D eigenvalue weighted by Crippen LogP contribution is -2.66. The van der Waals surface area contributed by atoms with E-state index in [1.165, 1.54) is 51.4 Å².